The largest absolute Gasteiger partial charge is 1.00 e. The van der Waals surface area contributed by atoms with Crippen molar-refractivity contribution < 1.29 is 66.3 Å². The molecule has 0 N–H and O–H groups in total. The van der Waals surface area contributed by atoms with E-state index in [1.807, 2.05) is 0 Å². The van der Waals surface area contributed by atoms with Crippen LogP contribution in [0.15, 0.2) is 11.6 Å². The molecule has 182 valence electrons. The van der Waals surface area contributed by atoms with E-state index in [4.69, 9.17) is 18.9 Å². The fourth-order valence-corrected chi connectivity index (χ4v) is 6.11. The number of carbonyl (C=O) groups is 1. The summed E-state index contributed by atoms with van der Waals surface area (Å²) in [5, 5.41) is 0. The topological polar surface area (TPSA) is 121 Å². The summed E-state index contributed by atoms with van der Waals surface area (Å²) in [6.45, 7) is 7.72. The van der Waals surface area contributed by atoms with Crippen LogP contribution in [0.25, 0.3) is 0 Å². The zero-order chi connectivity index (χ0) is 23.3. The molecule has 0 aromatic carbocycles. The number of carbonyl (C=O) groups excluding carboxylic acids is 1. The van der Waals surface area contributed by atoms with E-state index in [0.29, 0.717) is 26.1 Å². The monoisotopic (exact) mass is 495 g/mol. The van der Waals surface area contributed by atoms with Gasteiger partial charge in [0.25, 0.3) is 0 Å². The molecule has 3 aliphatic heterocycles. The van der Waals surface area contributed by atoms with Crippen LogP contribution in [0.1, 0.15) is 46.5 Å². The molecule has 0 aromatic rings. The third-order valence-electron chi connectivity index (χ3n) is 7.48. The van der Waals surface area contributed by atoms with E-state index in [-0.39, 0.29) is 71.2 Å². The van der Waals surface area contributed by atoms with Crippen molar-refractivity contribution in [2.45, 2.75) is 76.0 Å². The van der Waals surface area contributed by atoms with Gasteiger partial charge >= 0.3 is 35.7 Å². The number of hydrogen-bond acceptors (Lipinski definition) is 8. The number of likely N-dealkylation sites (tertiary alicyclic amines) is 1. The van der Waals surface area contributed by atoms with Crippen molar-refractivity contribution in [1.82, 2.24) is 4.90 Å². The molecule has 9 nitrogen and oxygen atoms in total. The van der Waals surface area contributed by atoms with E-state index in [1.165, 1.54) is 5.57 Å². The van der Waals surface area contributed by atoms with Crippen molar-refractivity contribution in [2.75, 3.05) is 32.6 Å². The smallest absolute Gasteiger partial charge is 0.748 e. The predicted molar refractivity (Wildman–Crippen MR) is 114 cm³/mol. The molecule has 0 bridgehead atoms. The SMILES string of the molecule is CO[C@@H]1[C@H](OC(=O)N2CC(CCS(=O)(=O)[O-])C2)CC[C@]2(CO2)[C@H]1[C@@]1(C)O[C@@H]1CC=C(C)C.[Na+]. The maximum atomic E-state index is 12.7. The first-order valence-electron chi connectivity index (χ1n) is 11.3. The summed E-state index contributed by atoms with van der Waals surface area (Å²) in [4.78, 5) is 14.2. The van der Waals surface area contributed by atoms with Crippen LogP contribution in [-0.4, -0.2) is 86.0 Å². The van der Waals surface area contributed by atoms with Crippen LogP contribution in [0.2, 0.25) is 0 Å². The number of amides is 1. The molecule has 0 radical (unpaired) electrons. The molecule has 0 aromatic heterocycles. The summed E-state index contributed by atoms with van der Waals surface area (Å²) < 4.78 is 56.2. The van der Waals surface area contributed by atoms with E-state index in [2.05, 4.69) is 26.8 Å². The van der Waals surface area contributed by atoms with Gasteiger partial charge in [0.15, 0.2) is 0 Å². The zero-order valence-electron chi connectivity index (χ0n) is 20.2. The predicted octanol–water partition coefficient (Wildman–Crippen LogP) is -0.929. The minimum atomic E-state index is -4.23. The molecule has 4 rings (SSSR count). The van der Waals surface area contributed by atoms with Crippen molar-refractivity contribution in [3.8, 4) is 0 Å². The molecular formula is C22H34NNaO8S. The van der Waals surface area contributed by atoms with Crippen LogP contribution in [0, 0.1) is 11.8 Å². The van der Waals surface area contributed by atoms with Crippen LogP contribution in [-0.2, 0) is 29.1 Å². The Labute approximate surface area is 218 Å². The maximum Gasteiger partial charge on any atom is 1.00 e. The zero-order valence-corrected chi connectivity index (χ0v) is 23.1. The quantitative estimate of drug-likeness (QED) is 0.183. The van der Waals surface area contributed by atoms with Crippen molar-refractivity contribution in [3.63, 3.8) is 0 Å². The van der Waals surface area contributed by atoms with Crippen molar-refractivity contribution in [2.24, 2.45) is 11.8 Å². The van der Waals surface area contributed by atoms with Gasteiger partial charge in [0.05, 0.1) is 28.7 Å². The number of rotatable bonds is 8. The van der Waals surface area contributed by atoms with Gasteiger partial charge < -0.3 is 28.4 Å². The van der Waals surface area contributed by atoms with E-state index in [1.54, 1.807) is 12.0 Å². The summed E-state index contributed by atoms with van der Waals surface area (Å²) in [7, 11) is -2.59. The summed E-state index contributed by atoms with van der Waals surface area (Å²) in [5.41, 5.74) is 0.587. The molecule has 33 heavy (non-hydrogen) atoms. The Morgan fingerprint density at radius 2 is 1.97 bits per heavy atom. The van der Waals surface area contributed by atoms with Crippen molar-refractivity contribution in [1.29, 1.82) is 0 Å². The number of nitrogens with zero attached hydrogens (tertiary/aromatic N) is 1. The number of methoxy groups -OCH3 is 1. The van der Waals surface area contributed by atoms with E-state index < -0.39 is 28.1 Å². The fraction of sp³-hybridized carbons (Fsp3) is 0.864. The Balaban J connectivity index is 0.00000306. The van der Waals surface area contributed by atoms with E-state index >= 15 is 0 Å². The second kappa shape index (κ2) is 10.0. The van der Waals surface area contributed by atoms with Gasteiger partial charge in [-0.15, -0.1) is 0 Å². The Morgan fingerprint density at radius 3 is 2.52 bits per heavy atom. The Morgan fingerprint density at radius 1 is 1.30 bits per heavy atom. The number of epoxide rings is 2. The molecule has 1 saturated carbocycles. The molecule has 6 atom stereocenters. The van der Waals surface area contributed by atoms with Gasteiger partial charge in [-0.2, -0.15) is 0 Å². The Kier molecular flexibility index (Phi) is 8.34. The van der Waals surface area contributed by atoms with Crippen LogP contribution >= 0.6 is 0 Å². The molecule has 11 heteroatoms. The average Bonchev–Trinajstić information content (AvgIpc) is 3.57. The van der Waals surface area contributed by atoms with Crippen LogP contribution in [0.5, 0.6) is 0 Å². The van der Waals surface area contributed by atoms with Gasteiger partial charge in [-0.05, 0) is 52.4 Å². The van der Waals surface area contributed by atoms with Gasteiger partial charge in [0.2, 0.25) is 0 Å². The average molecular weight is 496 g/mol. The molecule has 0 unspecified atom stereocenters. The second-order valence-electron chi connectivity index (χ2n) is 10.1. The molecule has 1 aliphatic carbocycles. The van der Waals surface area contributed by atoms with Crippen LogP contribution < -0.4 is 29.6 Å². The van der Waals surface area contributed by atoms with Crippen molar-refractivity contribution >= 4 is 16.2 Å². The van der Waals surface area contributed by atoms with Gasteiger partial charge in [-0.3, -0.25) is 0 Å². The number of hydrogen-bond donors (Lipinski definition) is 0. The molecule has 1 spiro atoms. The van der Waals surface area contributed by atoms with E-state index in [0.717, 1.165) is 12.8 Å². The molecule has 3 saturated heterocycles. The minimum Gasteiger partial charge on any atom is -0.748 e. The van der Waals surface area contributed by atoms with Gasteiger partial charge in [-0.1, -0.05) is 11.6 Å². The van der Waals surface area contributed by atoms with Gasteiger partial charge in [0.1, 0.15) is 23.4 Å². The first-order chi connectivity index (χ1) is 15.0. The standard InChI is InChI=1S/C22H35NO8S.Na/c1-14(2)5-6-17-21(3,31-17)19-18(28-4)16(7-9-22(19)13-29-22)30-20(24)23-11-15(12-23)8-10-32(25,26)27;/h5,15-19H,6-13H2,1-4H3,(H,25,26,27);/q;+1/p-1/t16-,17-,18-,19-,21+,22+;/m1./s1. The van der Waals surface area contributed by atoms with Gasteiger partial charge in [-0.25, -0.2) is 13.2 Å². The Hall–Kier alpha value is -0.200. The van der Waals surface area contributed by atoms with Crippen LogP contribution in [0.4, 0.5) is 4.79 Å². The minimum absolute atomic E-state index is 0. The second-order valence-corrected chi connectivity index (χ2v) is 11.6. The van der Waals surface area contributed by atoms with E-state index in [9.17, 15) is 17.8 Å². The number of ether oxygens (including phenoxy) is 4. The normalized spacial score (nSPS) is 37.7. The molecule has 1 amide bonds. The maximum absolute atomic E-state index is 12.7. The first-order valence-corrected chi connectivity index (χ1v) is 12.9. The Bertz CT molecular complexity index is 866. The molecular weight excluding hydrogens is 461 g/mol. The summed E-state index contributed by atoms with van der Waals surface area (Å²) in [6, 6.07) is 0. The van der Waals surface area contributed by atoms with Gasteiger partial charge in [0, 0.05) is 26.0 Å². The number of allylic oxidation sites excluding steroid dienone is 1. The van der Waals surface area contributed by atoms with Crippen LogP contribution in [0.3, 0.4) is 0 Å². The third-order valence-corrected chi connectivity index (χ3v) is 8.22. The fourth-order valence-electron chi connectivity index (χ4n) is 5.49. The van der Waals surface area contributed by atoms with Crippen molar-refractivity contribution in [3.05, 3.63) is 11.6 Å². The molecule has 4 fully saturated rings. The first kappa shape index (κ1) is 27.4. The summed E-state index contributed by atoms with van der Waals surface area (Å²) in [5.74, 6) is -0.416. The molecule has 3 heterocycles. The summed E-state index contributed by atoms with van der Waals surface area (Å²) in [6.07, 6.45) is 3.64. The third kappa shape index (κ3) is 5.97. The molecule has 4 aliphatic rings. The summed E-state index contributed by atoms with van der Waals surface area (Å²) >= 11 is 0.